The van der Waals surface area contributed by atoms with Crippen molar-refractivity contribution < 1.29 is 0 Å². The normalized spacial score (nSPS) is 23.1. The van der Waals surface area contributed by atoms with Gasteiger partial charge in [-0.25, -0.2) is 4.98 Å². The third-order valence-electron chi connectivity index (χ3n) is 4.61. The Hall–Kier alpha value is -1.62. The zero-order valence-corrected chi connectivity index (χ0v) is 12.0. The summed E-state index contributed by atoms with van der Waals surface area (Å²) in [5, 5.41) is 8.01. The fraction of sp³-hybridized carbons (Fsp3) is 0.600. The lowest BCUT2D eigenvalue weighted by Crippen LogP contribution is -2.30. The van der Waals surface area contributed by atoms with Crippen LogP contribution in [-0.2, 0) is 12.8 Å². The SMILES string of the molecule is CC1CCCN1c1c2c(nc3ccnn13)CCNCC2. The summed E-state index contributed by atoms with van der Waals surface area (Å²) in [5.41, 5.74) is 3.65. The predicted octanol–water partition coefficient (Wildman–Crippen LogP) is 1.41. The molecular weight excluding hydrogens is 250 g/mol. The van der Waals surface area contributed by atoms with Crippen LogP contribution in [0.15, 0.2) is 12.3 Å². The topological polar surface area (TPSA) is 45.5 Å². The van der Waals surface area contributed by atoms with Crippen LogP contribution in [0, 0.1) is 0 Å². The second-order valence-electron chi connectivity index (χ2n) is 5.90. The molecule has 1 atom stereocenters. The molecule has 0 aliphatic carbocycles. The van der Waals surface area contributed by atoms with Crippen LogP contribution in [0.1, 0.15) is 31.0 Å². The third-order valence-corrected chi connectivity index (χ3v) is 4.61. The lowest BCUT2D eigenvalue weighted by atomic mass is 10.1. The van der Waals surface area contributed by atoms with E-state index in [-0.39, 0.29) is 0 Å². The number of nitrogens with zero attached hydrogens (tertiary/aromatic N) is 4. The maximum Gasteiger partial charge on any atom is 0.157 e. The third kappa shape index (κ3) is 1.80. The van der Waals surface area contributed by atoms with Gasteiger partial charge in [0.1, 0.15) is 5.82 Å². The summed E-state index contributed by atoms with van der Waals surface area (Å²) in [5.74, 6) is 1.30. The van der Waals surface area contributed by atoms with Crippen LogP contribution in [0.2, 0.25) is 0 Å². The van der Waals surface area contributed by atoms with Gasteiger partial charge in [0.25, 0.3) is 0 Å². The summed E-state index contributed by atoms with van der Waals surface area (Å²) < 4.78 is 2.05. The highest BCUT2D eigenvalue weighted by Crippen LogP contribution is 2.31. The van der Waals surface area contributed by atoms with Crippen LogP contribution in [0.4, 0.5) is 5.82 Å². The second kappa shape index (κ2) is 4.74. The Balaban J connectivity index is 1.95. The molecule has 1 unspecified atom stereocenters. The van der Waals surface area contributed by atoms with Gasteiger partial charge in [-0.05, 0) is 32.7 Å². The van der Waals surface area contributed by atoms with Gasteiger partial charge >= 0.3 is 0 Å². The number of fused-ring (bicyclic) bond motifs is 2. The number of anilines is 1. The van der Waals surface area contributed by atoms with E-state index in [1.165, 1.54) is 29.9 Å². The minimum absolute atomic E-state index is 0.602. The van der Waals surface area contributed by atoms with Gasteiger partial charge in [-0.3, -0.25) is 0 Å². The molecule has 1 saturated heterocycles. The van der Waals surface area contributed by atoms with Gasteiger partial charge in [-0.2, -0.15) is 9.61 Å². The Morgan fingerprint density at radius 3 is 3.05 bits per heavy atom. The number of hydrogen-bond acceptors (Lipinski definition) is 4. The molecular formula is C15H21N5. The van der Waals surface area contributed by atoms with Crippen LogP contribution >= 0.6 is 0 Å². The number of rotatable bonds is 1. The first-order valence-corrected chi connectivity index (χ1v) is 7.67. The predicted molar refractivity (Wildman–Crippen MR) is 79.3 cm³/mol. The first kappa shape index (κ1) is 12.1. The highest BCUT2D eigenvalue weighted by atomic mass is 15.4. The van der Waals surface area contributed by atoms with Crippen molar-refractivity contribution >= 4 is 11.5 Å². The summed E-state index contributed by atoms with van der Waals surface area (Å²) in [6.07, 6.45) is 6.49. The average molecular weight is 271 g/mol. The van der Waals surface area contributed by atoms with E-state index in [0.717, 1.165) is 38.1 Å². The molecule has 0 bridgehead atoms. The Morgan fingerprint density at radius 1 is 1.30 bits per heavy atom. The molecule has 2 aliphatic heterocycles. The summed E-state index contributed by atoms with van der Waals surface area (Å²) >= 11 is 0. The Labute approximate surface area is 119 Å². The van der Waals surface area contributed by atoms with Gasteiger partial charge in [0.05, 0.1) is 11.9 Å². The first-order valence-electron chi connectivity index (χ1n) is 7.67. The Bertz CT molecular complexity index is 632. The molecule has 0 amide bonds. The van der Waals surface area contributed by atoms with Crippen molar-refractivity contribution in [2.24, 2.45) is 0 Å². The molecule has 4 rings (SSSR count). The van der Waals surface area contributed by atoms with Crippen LogP contribution in [0.5, 0.6) is 0 Å². The van der Waals surface area contributed by atoms with E-state index in [1.807, 2.05) is 16.8 Å². The summed E-state index contributed by atoms with van der Waals surface area (Å²) in [4.78, 5) is 7.36. The largest absolute Gasteiger partial charge is 0.354 e. The van der Waals surface area contributed by atoms with Crippen LogP contribution in [0.25, 0.3) is 5.65 Å². The molecule has 0 saturated carbocycles. The molecule has 5 heteroatoms. The van der Waals surface area contributed by atoms with Crippen molar-refractivity contribution in [3.05, 3.63) is 23.5 Å². The zero-order valence-electron chi connectivity index (χ0n) is 12.0. The molecule has 2 aliphatic rings. The number of aromatic nitrogens is 3. The van der Waals surface area contributed by atoms with E-state index in [0.29, 0.717) is 6.04 Å². The van der Waals surface area contributed by atoms with Crippen molar-refractivity contribution in [3.63, 3.8) is 0 Å². The van der Waals surface area contributed by atoms with E-state index in [2.05, 4.69) is 22.2 Å². The van der Waals surface area contributed by atoms with Crippen LogP contribution < -0.4 is 10.2 Å². The Morgan fingerprint density at radius 2 is 2.20 bits per heavy atom. The van der Waals surface area contributed by atoms with Gasteiger partial charge in [0, 0.05) is 37.2 Å². The first-order chi connectivity index (χ1) is 9.84. The summed E-state index contributed by atoms with van der Waals surface area (Å²) in [6.45, 7) is 5.53. The molecule has 0 aromatic carbocycles. The molecule has 0 spiro atoms. The molecule has 1 N–H and O–H groups in total. The van der Waals surface area contributed by atoms with E-state index in [1.54, 1.807) is 0 Å². The molecule has 2 aromatic heterocycles. The van der Waals surface area contributed by atoms with E-state index in [9.17, 15) is 0 Å². The van der Waals surface area contributed by atoms with Crippen LogP contribution in [0.3, 0.4) is 0 Å². The van der Waals surface area contributed by atoms with Gasteiger partial charge < -0.3 is 10.2 Å². The fourth-order valence-corrected chi connectivity index (χ4v) is 3.56. The summed E-state index contributed by atoms with van der Waals surface area (Å²) in [7, 11) is 0. The standard InChI is InChI=1S/C15H21N5/c1-11-3-2-10-19(11)15-12-4-7-16-8-5-13(12)18-14-6-9-17-20(14)15/h6,9,11,16H,2-5,7-8,10H2,1H3. The van der Waals surface area contributed by atoms with Gasteiger partial charge in [0.2, 0.25) is 0 Å². The molecule has 2 aromatic rings. The van der Waals surface area contributed by atoms with Crippen molar-refractivity contribution in [1.82, 2.24) is 19.9 Å². The zero-order chi connectivity index (χ0) is 13.5. The maximum absolute atomic E-state index is 4.83. The molecule has 106 valence electrons. The van der Waals surface area contributed by atoms with E-state index >= 15 is 0 Å². The minimum Gasteiger partial charge on any atom is -0.354 e. The lowest BCUT2D eigenvalue weighted by Gasteiger charge is -2.27. The highest BCUT2D eigenvalue weighted by molar-refractivity contribution is 5.58. The van der Waals surface area contributed by atoms with Crippen molar-refractivity contribution in [2.45, 2.75) is 38.6 Å². The molecule has 0 radical (unpaired) electrons. The summed E-state index contributed by atoms with van der Waals surface area (Å²) in [6, 6.07) is 2.62. The van der Waals surface area contributed by atoms with Gasteiger partial charge in [-0.15, -0.1) is 0 Å². The Kier molecular flexibility index (Phi) is 2.88. The minimum atomic E-state index is 0.602. The lowest BCUT2D eigenvalue weighted by molar-refractivity contribution is 0.697. The fourth-order valence-electron chi connectivity index (χ4n) is 3.56. The van der Waals surface area contributed by atoms with Crippen LogP contribution in [-0.4, -0.2) is 40.3 Å². The second-order valence-corrected chi connectivity index (χ2v) is 5.90. The highest BCUT2D eigenvalue weighted by Gasteiger charge is 2.27. The van der Waals surface area contributed by atoms with Crippen molar-refractivity contribution in [1.29, 1.82) is 0 Å². The molecule has 20 heavy (non-hydrogen) atoms. The smallest absolute Gasteiger partial charge is 0.157 e. The monoisotopic (exact) mass is 271 g/mol. The van der Waals surface area contributed by atoms with Gasteiger partial charge in [0.15, 0.2) is 5.65 Å². The van der Waals surface area contributed by atoms with E-state index in [4.69, 9.17) is 4.98 Å². The molecule has 4 heterocycles. The van der Waals surface area contributed by atoms with Gasteiger partial charge in [-0.1, -0.05) is 0 Å². The molecule has 5 nitrogen and oxygen atoms in total. The average Bonchev–Trinajstić information content (AvgIpc) is 3.00. The maximum atomic E-state index is 4.83. The molecule has 1 fully saturated rings. The van der Waals surface area contributed by atoms with Crippen molar-refractivity contribution in [2.75, 3.05) is 24.5 Å². The quantitative estimate of drug-likeness (QED) is 0.852. The number of hydrogen-bond donors (Lipinski definition) is 1. The number of nitrogens with one attached hydrogen (secondary N) is 1. The van der Waals surface area contributed by atoms with E-state index < -0.39 is 0 Å². The van der Waals surface area contributed by atoms with Crippen molar-refractivity contribution in [3.8, 4) is 0 Å².